The van der Waals surface area contributed by atoms with Crippen molar-refractivity contribution >= 4 is 0 Å². The van der Waals surface area contributed by atoms with Crippen LogP contribution in [-0.4, -0.2) is 19.2 Å². The molecule has 18 heavy (non-hydrogen) atoms. The molecule has 1 unspecified atom stereocenters. The second kappa shape index (κ2) is 6.24. The third-order valence-electron chi connectivity index (χ3n) is 3.62. The van der Waals surface area contributed by atoms with E-state index in [9.17, 15) is 0 Å². The summed E-state index contributed by atoms with van der Waals surface area (Å²) in [4.78, 5) is 0. The molecular formula is C16H25NO. The Morgan fingerprint density at radius 3 is 2.89 bits per heavy atom. The van der Waals surface area contributed by atoms with Crippen LogP contribution in [0.3, 0.4) is 0 Å². The van der Waals surface area contributed by atoms with Crippen molar-refractivity contribution in [1.29, 1.82) is 0 Å². The molecule has 2 heteroatoms. The maximum Gasteiger partial charge on any atom is 0.123 e. The van der Waals surface area contributed by atoms with Crippen molar-refractivity contribution in [3.8, 4) is 5.75 Å². The van der Waals surface area contributed by atoms with Gasteiger partial charge in [0.15, 0.2) is 0 Å². The molecule has 0 spiro atoms. The number of rotatable bonds is 4. The number of hydrogen-bond donors (Lipinski definition) is 1. The van der Waals surface area contributed by atoms with Crippen LogP contribution >= 0.6 is 0 Å². The van der Waals surface area contributed by atoms with Gasteiger partial charge in [0, 0.05) is 0 Å². The van der Waals surface area contributed by atoms with Gasteiger partial charge in [-0.3, -0.25) is 0 Å². The van der Waals surface area contributed by atoms with Gasteiger partial charge in [0.05, 0.1) is 6.10 Å². The summed E-state index contributed by atoms with van der Waals surface area (Å²) in [6, 6.07) is 6.40. The van der Waals surface area contributed by atoms with Crippen LogP contribution in [0.2, 0.25) is 0 Å². The Morgan fingerprint density at radius 1 is 1.39 bits per heavy atom. The van der Waals surface area contributed by atoms with Gasteiger partial charge >= 0.3 is 0 Å². The van der Waals surface area contributed by atoms with Gasteiger partial charge in [-0.15, -0.1) is 0 Å². The zero-order chi connectivity index (χ0) is 13.0. The first-order chi connectivity index (χ1) is 8.66. The predicted octanol–water partition coefficient (Wildman–Crippen LogP) is 3.32. The standard InChI is InChI=1S/C16H25NO/c1-12(2)18-16-8-4-6-13(3)15(16)10-14-7-5-9-17-11-14/h4,6,8,12,14,17H,5,7,9-11H2,1-3H3. The Balaban J connectivity index is 2.13. The fourth-order valence-corrected chi connectivity index (χ4v) is 2.69. The fourth-order valence-electron chi connectivity index (χ4n) is 2.69. The summed E-state index contributed by atoms with van der Waals surface area (Å²) in [5, 5.41) is 3.49. The minimum atomic E-state index is 0.245. The van der Waals surface area contributed by atoms with E-state index < -0.39 is 0 Å². The van der Waals surface area contributed by atoms with Crippen LogP contribution in [-0.2, 0) is 6.42 Å². The average Bonchev–Trinajstić information content (AvgIpc) is 2.34. The number of aryl methyl sites for hydroxylation is 1. The molecule has 1 aliphatic heterocycles. The SMILES string of the molecule is Cc1cccc(OC(C)C)c1CC1CCCNC1. The third-order valence-corrected chi connectivity index (χ3v) is 3.62. The predicted molar refractivity (Wildman–Crippen MR) is 76.2 cm³/mol. The van der Waals surface area contributed by atoms with Crippen LogP contribution < -0.4 is 10.1 Å². The molecule has 0 aromatic heterocycles. The summed E-state index contributed by atoms with van der Waals surface area (Å²) in [5.74, 6) is 1.84. The molecule has 1 aromatic carbocycles. The van der Waals surface area contributed by atoms with E-state index in [1.807, 2.05) is 0 Å². The van der Waals surface area contributed by atoms with Gasteiger partial charge in [0.25, 0.3) is 0 Å². The molecule has 2 nitrogen and oxygen atoms in total. The van der Waals surface area contributed by atoms with E-state index in [4.69, 9.17) is 4.74 Å². The van der Waals surface area contributed by atoms with Crippen LogP contribution in [0.15, 0.2) is 18.2 Å². The van der Waals surface area contributed by atoms with Crippen LogP contribution in [0.25, 0.3) is 0 Å². The lowest BCUT2D eigenvalue weighted by Gasteiger charge is -2.25. The minimum absolute atomic E-state index is 0.245. The van der Waals surface area contributed by atoms with Gasteiger partial charge in [0.1, 0.15) is 5.75 Å². The average molecular weight is 247 g/mol. The lowest BCUT2D eigenvalue weighted by Crippen LogP contribution is -2.31. The number of ether oxygens (including phenoxy) is 1. The van der Waals surface area contributed by atoms with E-state index in [1.54, 1.807) is 0 Å². The fraction of sp³-hybridized carbons (Fsp3) is 0.625. The van der Waals surface area contributed by atoms with Gasteiger partial charge in [-0.05, 0) is 76.2 Å². The molecule has 100 valence electrons. The molecule has 0 aliphatic carbocycles. The summed E-state index contributed by atoms with van der Waals surface area (Å²) >= 11 is 0. The highest BCUT2D eigenvalue weighted by atomic mass is 16.5. The molecule has 1 aromatic rings. The molecular weight excluding hydrogens is 222 g/mol. The topological polar surface area (TPSA) is 21.3 Å². The van der Waals surface area contributed by atoms with Crippen molar-refractivity contribution in [3.63, 3.8) is 0 Å². The van der Waals surface area contributed by atoms with Crippen LogP contribution in [0.1, 0.15) is 37.8 Å². The summed E-state index contributed by atoms with van der Waals surface area (Å²) in [7, 11) is 0. The smallest absolute Gasteiger partial charge is 0.123 e. The van der Waals surface area contributed by atoms with E-state index in [-0.39, 0.29) is 6.10 Å². The van der Waals surface area contributed by atoms with Gasteiger partial charge in [-0.25, -0.2) is 0 Å². The summed E-state index contributed by atoms with van der Waals surface area (Å²) in [6.07, 6.45) is 4.02. The van der Waals surface area contributed by atoms with Crippen molar-refractivity contribution in [2.45, 2.75) is 46.1 Å². The molecule has 1 N–H and O–H groups in total. The normalized spacial score (nSPS) is 20.1. The van der Waals surface area contributed by atoms with Crippen LogP contribution in [0.5, 0.6) is 5.75 Å². The highest BCUT2D eigenvalue weighted by Crippen LogP contribution is 2.28. The lowest BCUT2D eigenvalue weighted by molar-refractivity contribution is 0.238. The van der Waals surface area contributed by atoms with Gasteiger partial charge in [0.2, 0.25) is 0 Å². The third kappa shape index (κ3) is 3.49. The Morgan fingerprint density at radius 2 is 2.22 bits per heavy atom. The maximum atomic E-state index is 5.95. The molecule has 1 fully saturated rings. The Labute approximate surface area is 111 Å². The molecule has 1 atom stereocenters. The molecule has 2 rings (SSSR count). The largest absolute Gasteiger partial charge is 0.491 e. The number of piperidine rings is 1. The first-order valence-corrected chi connectivity index (χ1v) is 7.12. The number of nitrogens with one attached hydrogen (secondary N) is 1. The van der Waals surface area contributed by atoms with E-state index in [2.05, 4.69) is 44.3 Å². The molecule has 0 bridgehead atoms. The van der Waals surface area contributed by atoms with Gasteiger partial charge in [-0.2, -0.15) is 0 Å². The molecule has 1 aliphatic rings. The molecule has 1 saturated heterocycles. The first kappa shape index (κ1) is 13.4. The molecule has 0 radical (unpaired) electrons. The maximum absolute atomic E-state index is 5.95. The van der Waals surface area contributed by atoms with Crippen molar-refractivity contribution in [2.24, 2.45) is 5.92 Å². The van der Waals surface area contributed by atoms with Crippen LogP contribution in [0, 0.1) is 12.8 Å². The van der Waals surface area contributed by atoms with Gasteiger partial charge in [-0.1, -0.05) is 12.1 Å². The van der Waals surface area contributed by atoms with E-state index in [0.29, 0.717) is 0 Å². The first-order valence-electron chi connectivity index (χ1n) is 7.12. The lowest BCUT2D eigenvalue weighted by atomic mass is 9.90. The quantitative estimate of drug-likeness (QED) is 0.881. The molecule has 0 saturated carbocycles. The Bertz CT molecular complexity index is 381. The van der Waals surface area contributed by atoms with Crippen molar-refractivity contribution < 1.29 is 4.74 Å². The highest BCUT2D eigenvalue weighted by molar-refractivity contribution is 5.40. The molecule has 1 heterocycles. The second-order valence-corrected chi connectivity index (χ2v) is 5.63. The number of hydrogen-bond acceptors (Lipinski definition) is 2. The zero-order valence-electron chi connectivity index (χ0n) is 11.8. The van der Waals surface area contributed by atoms with Crippen molar-refractivity contribution in [3.05, 3.63) is 29.3 Å². The van der Waals surface area contributed by atoms with Crippen LogP contribution in [0.4, 0.5) is 0 Å². The summed E-state index contributed by atoms with van der Waals surface area (Å²) in [5.41, 5.74) is 2.76. The summed E-state index contributed by atoms with van der Waals surface area (Å²) < 4.78 is 5.95. The second-order valence-electron chi connectivity index (χ2n) is 5.63. The minimum Gasteiger partial charge on any atom is -0.491 e. The monoisotopic (exact) mass is 247 g/mol. The highest BCUT2D eigenvalue weighted by Gasteiger charge is 2.17. The number of benzene rings is 1. The van der Waals surface area contributed by atoms with E-state index in [0.717, 1.165) is 24.6 Å². The van der Waals surface area contributed by atoms with Crippen molar-refractivity contribution in [2.75, 3.05) is 13.1 Å². The Kier molecular flexibility index (Phi) is 4.65. The summed E-state index contributed by atoms with van der Waals surface area (Å²) in [6.45, 7) is 8.70. The van der Waals surface area contributed by atoms with E-state index >= 15 is 0 Å². The van der Waals surface area contributed by atoms with E-state index in [1.165, 1.54) is 30.5 Å². The Hall–Kier alpha value is -1.02. The van der Waals surface area contributed by atoms with Crippen molar-refractivity contribution in [1.82, 2.24) is 5.32 Å². The molecule has 0 amide bonds. The van der Waals surface area contributed by atoms with Gasteiger partial charge < -0.3 is 10.1 Å². The zero-order valence-corrected chi connectivity index (χ0v) is 11.8.